The highest BCUT2D eigenvalue weighted by atomic mass is 79.9. The summed E-state index contributed by atoms with van der Waals surface area (Å²) in [4.78, 5) is 4.16. The molecule has 0 aliphatic rings. The Morgan fingerprint density at radius 1 is 1.21 bits per heavy atom. The van der Waals surface area contributed by atoms with Gasteiger partial charge in [-0.25, -0.2) is 4.99 Å². The van der Waals surface area contributed by atoms with E-state index >= 15 is 0 Å². The lowest BCUT2D eigenvalue weighted by molar-refractivity contribution is 1.37. The molecule has 0 aliphatic carbocycles. The number of nitrogens with two attached hydrogens (primary N) is 1. The summed E-state index contributed by atoms with van der Waals surface area (Å²) in [5.41, 5.74) is 10.5. The van der Waals surface area contributed by atoms with Crippen LogP contribution in [-0.4, -0.2) is 6.34 Å². The van der Waals surface area contributed by atoms with Crippen molar-refractivity contribution in [3.8, 4) is 11.1 Å². The first-order chi connectivity index (χ1) is 9.04. The minimum absolute atomic E-state index is 0.751. The van der Waals surface area contributed by atoms with Gasteiger partial charge >= 0.3 is 0 Å². The minimum atomic E-state index is 0.751. The van der Waals surface area contributed by atoms with Crippen LogP contribution in [0.15, 0.2) is 39.8 Å². The number of aliphatic imine (C=N–C) groups is 1. The molecule has 19 heavy (non-hydrogen) atoms. The van der Waals surface area contributed by atoms with Crippen LogP contribution in [0.3, 0.4) is 0 Å². The van der Waals surface area contributed by atoms with Crippen molar-refractivity contribution in [1.29, 1.82) is 0 Å². The second kappa shape index (κ2) is 5.76. The first kappa shape index (κ1) is 14.1. The molecular formula is C15H14BrClN2. The summed E-state index contributed by atoms with van der Waals surface area (Å²) >= 11 is 9.84. The van der Waals surface area contributed by atoms with Gasteiger partial charge in [-0.2, -0.15) is 0 Å². The van der Waals surface area contributed by atoms with Crippen molar-refractivity contribution in [2.45, 2.75) is 13.8 Å². The van der Waals surface area contributed by atoms with Crippen molar-refractivity contribution in [3.63, 3.8) is 0 Å². The van der Waals surface area contributed by atoms with Crippen LogP contribution in [0.25, 0.3) is 11.1 Å². The van der Waals surface area contributed by atoms with E-state index in [0.29, 0.717) is 0 Å². The van der Waals surface area contributed by atoms with Crippen LogP contribution in [-0.2, 0) is 0 Å². The van der Waals surface area contributed by atoms with E-state index in [4.69, 9.17) is 17.3 Å². The number of rotatable bonds is 2. The number of nitrogens with zero attached hydrogens (tertiary/aromatic N) is 1. The first-order valence-electron chi connectivity index (χ1n) is 5.84. The van der Waals surface area contributed by atoms with Crippen molar-refractivity contribution in [2.24, 2.45) is 10.7 Å². The number of hydrogen-bond acceptors (Lipinski definition) is 1. The van der Waals surface area contributed by atoms with Gasteiger partial charge in [-0.05, 0) is 64.7 Å². The third-order valence-corrected chi connectivity index (χ3v) is 3.89. The quantitative estimate of drug-likeness (QED) is 0.607. The first-order valence-corrected chi connectivity index (χ1v) is 7.01. The molecule has 0 aliphatic heterocycles. The molecule has 0 saturated carbocycles. The maximum absolute atomic E-state index is 6.30. The minimum Gasteiger partial charge on any atom is -0.390 e. The van der Waals surface area contributed by atoms with Gasteiger partial charge in [0.15, 0.2) is 0 Å². The molecule has 0 aromatic heterocycles. The van der Waals surface area contributed by atoms with E-state index in [1.807, 2.05) is 25.1 Å². The number of benzene rings is 2. The fourth-order valence-electron chi connectivity index (χ4n) is 2.12. The van der Waals surface area contributed by atoms with E-state index in [2.05, 4.69) is 40.0 Å². The zero-order valence-corrected chi connectivity index (χ0v) is 13.1. The fourth-order valence-corrected chi connectivity index (χ4v) is 3.11. The SMILES string of the molecule is Cc1cc(-c2c(C)cccc2Cl)cc(Br)c1N=CN. The maximum Gasteiger partial charge on any atom is 0.0860 e. The lowest BCUT2D eigenvalue weighted by atomic mass is 9.98. The van der Waals surface area contributed by atoms with Crippen LogP contribution < -0.4 is 5.73 Å². The molecule has 0 fully saturated rings. The summed E-state index contributed by atoms with van der Waals surface area (Å²) < 4.78 is 0.906. The van der Waals surface area contributed by atoms with Crippen molar-refractivity contribution in [3.05, 3.63) is 51.0 Å². The second-order valence-corrected chi connectivity index (χ2v) is 5.60. The molecule has 0 unspecified atom stereocenters. The largest absolute Gasteiger partial charge is 0.390 e. The lowest BCUT2D eigenvalue weighted by Crippen LogP contribution is -1.90. The van der Waals surface area contributed by atoms with Crippen molar-refractivity contribution in [2.75, 3.05) is 0 Å². The standard InChI is InChI=1S/C15H14BrClN2/c1-9-4-3-5-13(17)14(9)11-6-10(2)15(19-8-18)12(16)7-11/h3-8H,1-2H3,(H2,18,19). The van der Waals surface area contributed by atoms with E-state index in [9.17, 15) is 0 Å². The van der Waals surface area contributed by atoms with Gasteiger partial charge in [0.05, 0.1) is 12.0 Å². The molecule has 4 heteroatoms. The molecule has 2 N–H and O–H groups in total. The van der Waals surface area contributed by atoms with E-state index in [1.165, 1.54) is 6.34 Å². The van der Waals surface area contributed by atoms with Crippen LogP contribution in [0.1, 0.15) is 11.1 Å². The molecular weight excluding hydrogens is 324 g/mol. The summed E-state index contributed by atoms with van der Waals surface area (Å²) in [7, 11) is 0. The molecule has 2 aromatic carbocycles. The molecule has 2 nitrogen and oxygen atoms in total. The van der Waals surface area contributed by atoms with Crippen LogP contribution in [0.2, 0.25) is 5.02 Å². The van der Waals surface area contributed by atoms with Gasteiger partial charge in [-0.3, -0.25) is 0 Å². The molecule has 0 heterocycles. The van der Waals surface area contributed by atoms with Crippen LogP contribution in [0, 0.1) is 13.8 Å². The monoisotopic (exact) mass is 336 g/mol. The Morgan fingerprint density at radius 3 is 2.53 bits per heavy atom. The molecule has 0 bridgehead atoms. The Bertz CT molecular complexity index is 607. The smallest absolute Gasteiger partial charge is 0.0860 e. The van der Waals surface area contributed by atoms with Gasteiger partial charge in [0, 0.05) is 15.1 Å². The van der Waals surface area contributed by atoms with Gasteiger partial charge in [0.2, 0.25) is 0 Å². The van der Waals surface area contributed by atoms with E-state index in [-0.39, 0.29) is 0 Å². The van der Waals surface area contributed by atoms with Gasteiger partial charge < -0.3 is 5.73 Å². The van der Waals surface area contributed by atoms with Crippen LogP contribution >= 0.6 is 27.5 Å². The molecule has 2 aromatic rings. The topological polar surface area (TPSA) is 38.4 Å². The number of halogens is 2. The molecule has 0 radical (unpaired) electrons. The van der Waals surface area contributed by atoms with Crippen molar-refractivity contribution >= 4 is 39.6 Å². The molecule has 98 valence electrons. The Morgan fingerprint density at radius 2 is 1.95 bits per heavy atom. The zero-order chi connectivity index (χ0) is 14.0. The van der Waals surface area contributed by atoms with Gasteiger partial charge in [-0.1, -0.05) is 23.7 Å². The predicted molar refractivity (Wildman–Crippen MR) is 86.4 cm³/mol. The Hall–Kier alpha value is -1.32. The van der Waals surface area contributed by atoms with E-state index < -0.39 is 0 Å². The van der Waals surface area contributed by atoms with Gasteiger partial charge in [-0.15, -0.1) is 0 Å². The third-order valence-electron chi connectivity index (χ3n) is 2.97. The summed E-state index contributed by atoms with van der Waals surface area (Å²) in [6.07, 6.45) is 1.30. The zero-order valence-electron chi connectivity index (χ0n) is 10.7. The molecule has 0 amide bonds. The van der Waals surface area contributed by atoms with Crippen LogP contribution in [0.4, 0.5) is 5.69 Å². The van der Waals surface area contributed by atoms with Gasteiger partial charge in [0.1, 0.15) is 0 Å². The highest BCUT2D eigenvalue weighted by molar-refractivity contribution is 9.10. The number of aryl methyl sites for hydroxylation is 2. The number of hydrogen-bond donors (Lipinski definition) is 1. The van der Waals surface area contributed by atoms with Crippen molar-refractivity contribution < 1.29 is 0 Å². The Kier molecular flexibility index (Phi) is 4.27. The summed E-state index contributed by atoms with van der Waals surface area (Å²) in [5, 5.41) is 0.751. The lowest BCUT2D eigenvalue weighted by Gasteiger charge is -2.12. The maximum atomic E-state index is 6.30. The second-order valence-electron chi connectivity index (χ2n) is 4.33. The highest BCUT2D eigenvalue weighted by Crippen LogP contribution is 2.37. The molecule has 0 atom stereocenters. The average Bonchev–Trinajstić information content (AvgIpc) is 2.33. The van der Waals surface area contributed by atoms with E-state index in [0.717, 1.165) is 37.4 Å². The third kappa shape index (κ3) is 2.82. The Balaban J connectivity index is 2.65. The average molecular weight is 338 g/mol. The highest BCUT2D eigenvalue weighted by Gasteiger charge is 2.11. The van der Waals surface area contributed by atoms with Crippen molar-refractivity contribution in [1.82, 2.24) is 0 Å². The summed E-state index contributed by atoms with van der Waals surface area (Å²) in [5.74, 6) is 0. The normalized spacial score (nSPS) is 11.2. The van der Waals surface area contributed by atoms with Crippen LogP contribution in [0.5, 0.6) is 0 Å². The molecule has 2 rings (SSSR count). The molecule has 0 spiro atoms. The Labute approximate surface area is 126 Å². The molecule has 0 saturated heterocycles. The fraction of sp³-hybridized carbons (Fsp3) is 0.133. The summed E-state index contributed by atoms with van der Waals surface area (Å²) in [6.45, 7) is 4.05. The summed E-state index contributed by atoms with van der Waals surface area (Å²) in [6, 6.07) is 10.00. The predicted octanol–water partition coefficient (Wildman–Crippen LogP) is 5.00. The van der Waals surface area contributed by atoms with Gasteiger partial charge in [0.25, 0.3) is 0 Å². The van der Waals surface area contributed by atoms with E-state index in [1.54, 1.807) is 0 Å².